The molecule has 0 fully saturated rings. The van der Waals surface area contributed by atoms with Crippen LogP contribution in [-0.2, 0) is 6.42 Å². The number of rotatable bonds is 16. The van der Waals surface area contributed by atoms with Gasteiger partial charge in [0.15, 0.2) is 0 Å². The van der Waals surface area contributed by atoms with Gasteiger partial charge in [0.2, 0.25) is 0 Å². The Bertz CT molecular complexity index is 984. The number of aromatic nitrogens is 2. The van der Waals surface area contributed by atoms with Crippen molar-refractivity contribution in [3.63, 3.8) is 0 Å². The number of phenolic OH excluding ortho intramolecular Hbond substituents is 2. The summed E-state index contributed by atoms with van der Waals surface area (Å²) in [7, 11) is 0. The van der Waals surface area contributed by atoms with Crippen molar-refractivity contribution in [3.8, 4) is 34.0 Å². The number of aryl methyl sites for hydroxylation is 1. The highest BCUT2D eigenvalue weighted by Gasteiger charge is 2.12. The van der Waals surface area contributed by atoms with Gasteiger partial charge in [-0.3, -0.25) is 4.98 Å². The summed E-state index contributed by atoms with van der Waals surface area (Å²) in [5, 5.41) is 19.3. The van der Waals surface area contributed by atoms with E-state index in [4.69, 9.17) is 9.97 Å². The average Bonchev–Trinajstić information content (AvgIpc) is 2.88. The molecule has 3 rings (SSSR count). The summed E-state index contributed by atoms with van der Waals surface area (Å²) in [5.74, 6) is 0.495. The van der Waals surface area contributed by atoms with Crippen molar-refractivity contribution in [2.75, 3.05) is 0 Å². The van der Waals surface area contributed by atoms with Crippen molar-refractivity contribution in [1.29, 1.82) is 0 Å². The van der Waals surface area contributed by atoms with Crippen LogP contribution in [0.25, 0.3) is 22.5 Å². The molecule has 0 radical (unpaired) electrons. The van der Waals surface area contributed by atoms with Gasteiger partial charge in [0, 0.05) is 11.1 Å². The van der Waals surface area contributed by atoms with Crippen LogP contribution in [0.3, 0.4) is 0 Å². The maximum atomic E-state index is 9.67. The predicted octanol–water partition coefficient (Wildman–Crippen LogP) is 8.86. The molecule has 2 N–H and O–H groups in total. The molecule has 2 aromatic carbocycles. The molecule has 0 aliphatic heterocycles. The summed E-state index contributed by atoms with van der Waals surface area (Å²) in [6, 6.07) is 14.3. The van der Waals surface area contributed by atoms with Gasteiger partial charge < -0.3 is 10.2 Å². The van der Waals surface area contributed by atoms with Gasteiger partial charge in [0.1, 0.15) is 11.5 Å². The van der Waals surface area contributed by atoms with Gasteiger partial charge in [-0.1, -0.05) is 84.0 Å². The molecule has 0 saturated heterocycles. The summed E-state index contributed by atoms with van der Waals surface area (Å²) in [4.78, 5) is 9.71. The molecule has 0 bridgehead atoms. The third kappa shape index (κ3) is 9.35. The first-order valence-corrected chi connectivity index (χ1v) is 13.6. The van der Waals surface area contributed by atoms with Crippen LogP contribution in [0, 0.1) is 0 Å². The number of unbranched alkanes of at least 4 members (excludes halogenated alkanes) is 12. The Morgan fingerprint density at radius 3 is 1.54 bits per heavy atom. The van der Waals surface area contributed by atoms with Gasteiger partial charge in [0.05, 0.1) is 23.3 Å². The molecule has 188 valence electrons. The van der Waals surface area contributed by atoms with E-state index < -0.39 is 0 Å². The van der Waals surface area contributed by atoms with Crippen LogP contribution in [0.2, 0.25) is 0 Å². The van der Waals surface area contributed by atoms with E-state index in [1.54, 1.807) is 30.5 Å². The Balaban J connectivity index is 1.48. The Morgan fingerprint density at radius 1 is 0.571 bits per heavy atom. The Morgan fingerprint density at radius 2 is 1.03 bits per heavy atom. The smallest absolute Gasteiger partial charge is 0.115 e. The van der Waals surface area contributed by atoms with Crippen molar-refractivity contribution in [1.82, 2.24) is 9.97 Å². The molecular formula is C31H42N2O2. The average molecular weight is 475 g/mol. The topological polar surface area (TPSA) is 66.2 Å². The maximum Gasteiger partial charge on any atom is 0.115 e. The molecular weight excluding hydrogens is 432 g/mol. The molecule has 0 spiro atoms. The monoisotopic (exact) mass is 474 g/mol. The molecule has 0 amide bonds. The quantitative estimate of drug-likeness (QED) is 0.203. The van der Waals surface area contributed by atoms with Gasteiger partial charge in [-0.05, 0) is 61.4 Å². The highest BCUT2D eigenvalue weighted by molar-refractivity contribution is 5.66. The zero-order valence-electron chi connectivity index (χ0n) is 21.4. The van der Waals surface area contributed by atoms with Crippen LogP contribution in [0.5, 0.6) is 11.5 Å². The van der Waals surface area contributed by atoms with Crippen LogP contribution < -0.4 is 0 Å². The van der Waals surface area contributed by atoms with Crippen molar-refractivity contribution < 1.29 is 10.2 Å². The minimum absolute atomic E-state index is 0.245. The minimum Gasteiger partial charge on any atom is -0.508 e. The van der Waals surface area contributed by atoms with E-state index >= 15 is 0 Å². The minimum atomic E-state index is 0.245. The number of phenols is 2. The van der Waals surface area contributed by atoms with Gasteiger partial charge in [0.25, 0.3) is 0 Å². The first-order valence-electron chi connectivity index (χ1n) is 13.6. The first kappa shape index (κ1) is 26.7. The number of hydrogen-bond donors (Lipinski definition) is 2. The fourth-order valence-electron chi connectivity index (χ4n) is 4.54. The number of benzene rings is 2. The van der Waals surface area contributed by atoms with E-state index in [2.05, 4.69) is 6.92 Å². The summed E-state index contributed by atoms with van der Waals surface area (Å²) >= 11 is 0. The van der Waals surface area contributed by atoms with E-state index in [0.717, 1.165) is 41.1 Å². The highest BCUT2D eigenvalue weighted by Crippen LogP contribution is 2.27. The Hall–Kier alpha value is -2.88. The molecule has 35 heavy (non-hydrogen) atoms. The van der Waals surface area contributed by atoms with E-state index in [1.165, 1.54) is 77.0 Å². The molecule has 3 aromatic rings. The zero-order valence-corrected chi connectivity index (χ0v) is 21.4. The third-order valence-corrected chi connectivity index (χ3v) is 6.67. The molecule has 0 atom stereocenters. The molecule has 0 aliphatic carbocycles. The van der Waals surface area contributed by atoms with Crippen LogP contribution in [0.15, 0.2) is 54.7 Å². The Kier molecular flexibility index (Phi) is 11.6. The fraction of sp³-hybridized carbons (Fsp3) is 0.484. The third-order valence-electron chi connectivity index (χ3n) is 6.67. The van der Waals surface area contributed by atoms with Gasteiger partial charge in [-0.25, -0.2) is 4.98 Å². The van der Waals surface area contributed by atoms with Crippen molar-refractivity contribution in [3.05, 3.63) is 60.4 Å². The van der Waals surface area contributed by atoms with Crippen LogP contribution in [-0.4, -0.2) is 20.2 Å². The fourth-order valence-corrected chi connectivity index (χ4v) is 4.54. The second-order valence-electron chi connectivity index (χ2n) is 9.64. The molecule has 0 aliphatic rings. The second-order valence-corrected chi connectivity index (χ2v) is 9.64. The summed E-state index contributed by atoms with van der Waals surface area (Å²) in [6.07, 6.45) is 20.0. The summed E-state index contributed by atoms with van der Waals surface area (Å²) in [5.41, 5.74) is 4.60. The lowest BCUT2D eigenvalue weighted by molar-refractivity contribution is 0.475. The normalized spacial score (nSPS) is 11.1. The zero-order chi connectivity index (χ0) is 24.7. The van der Waals surface area contributed by atoms with Crippen molar-refractivity contribution >= 4 is 0 Å². The SMILES string of the molecule is CCCCCCCCCCCCCCCc1nc(-c2ccc(O)cc2)cnc1-c1ccc(O)cc1. The molecule has 0 saturated carbocycles. The lowest BCUT2D eigenvalue weighted by atomic mass is 10.0. The highest BCUT2D eigenvalue weighted by atomic mass is 16.3. The predicted molar refractivity (Wildman–Crippen MR) is 146 cm³/mol. The lowest BCUT2D eigenvalue weighted by Crippen LogP contribution is -2.00. The molecule has 1 heterocycles. The standard InChI is InChI=1S/C31H42N2O2/c1-2-3-4-5-6-7-8-9-10-11-12-13-14-15-29-31(26-18-22-28(35)23-19-26)32-24-30(33-29)25-16-20-27(34)21-17-25/h16-24,34-35H,2-15H2,1H3. The molecule has 4 heteroatoms. The van der Waals surface area contributed by atoms with E-state index in [9.17, 15) is 10.2 Å². The van der Waals surface area contributed by atoms with Crippen molar-refractivity contribution in [2.45, 2.75) is 96.8 Å². The summed E-state index contributed by atoms with van der Waals surface area (Å²) in [6.45, 7) is 2.27. The van der Waals surface area contributed by atoms with Crippen LogP contribution in [0.4, 0.5) is 0 Å². The lowest BCUT2D eigenvalue weighted by Gasteiger charge is -2.11. The second kappa shape index (κ2) is 15.2. The maximum absolute atomic E-state index is 9.67. The number of nitrogens with zero attached hydrogens (tertiary/aromatic N) is 2. The van der Waals surface area contributed by atoms with Gasteiger partial charge in [-0.15, -0.1) is 0 Å². The molecule has 1 aromatic heterocycles. The van der Waals surface area contributed by atoms with E-state index in [0.29, 0.717) is 0 Å². The van der Waals surface area contributed by atoms with Gasteiger partial charge in [-0.2, -0.15) is 0 Å². The van der Waals surface area contributed by atoms with Crippen LogP contribution in [0.1, 0.15) is 96.1 Å². The summed E-state index contributed by atoms with van der Waals surface area (Å²) < 4.78 is 0. The number of hydrogen-bond acceptors (Lipinski definition) is 4. The van der Waals surface area contributed by atoms with E-state index in [-0.39, 0.29) is 11.5 Å². The molecule has 0 unspecified atom stereocenters. The Labute approximate surface area is 211 Å². The van der Waals surface area contributed by atoms with Gasteiger partial charge >= 0.3 is 0 Å². The number of aromatic hydroxyl groups is 2. The first-order chi connectivity index (χ1) is 17.2. The van der Waals surface area contributed by atoms with E-state index in [1.807, 2.05) is 24.3 Å². The largest absolute Gasteiger partial charge is 0.508 e. The molecule has 4 nitrogen and oxygen atoms in total. The van der Waals surface area contributed by atoms with Crippen LogP contribution >= 0.6 is 0 Å². The van der Waals surface area contributed by atoms with Crippen molar-refractivity contribution in [2.24, 2.45) is 0 Å².